The lowest BCUT2D eigenvalue weighted by Crippen LogP contribution is -2.82. The lowest BCUT2D eigenvalue weighted by molar-refractivity contribution is -0.500. The normalized spacial score (nSPS) is 12.4. The molecule has 4 N–H and O–H groups in total. The number of rotatable bonds is 8. The van der Waals surface area contributed by atoms with Crippen LogP contribution in [-0.4, -0.2) is 32.6 Å². The quantitative estimate of drug-likeness (QED) is 0.367. The van der Waals surface area contributed by atoms with Crippen LogP contribution in [0.15, 0.2) is 70.9 Å². The number of nitrogens with two attached hydrogens (primary N) is 1. The topological polar surface area (TPSA) is 95.2 Å². The van der Waals surface area contributed by atoms with Gasteiger partial charge in [-0.25, -0.2) is 0 Å². The van der Waals surface area contributed by atoms with E-state index in [1.54, 1.807) is 26.5 Å². The number of guanidine groups is 1. The fraction of sp³-hybridized carbons (Fsp3) is 0.0952. The Morgan fingerprint density at radius 2 is 1.50 bits per heavy atom. The van der Waals surface area contributed by atoms with Crippen LogP contribution in [0.3, 0.4) is 0 Å². The molecule has 0 radical (unpaired) electrons. The van der Waals surface area contributed by atoms with E-state index in [4.69, 9.17) is 15.2 Å². The van der Waals surface area contributed by atoms with Gasteiger partial charge in [-0.2, -0.15) is 5.10 Å². The molecule has 0 atom stereocenters. The Labute approximate surface area is 164 Å². The van der Waals surface area contributed by atoms with E-state index in [1.165, 1.54) is 6.21 Å². The van der Waals surface area contributed by atoms with E-state index in [9.17, 15) is 0 Å². The first kappa shape index (κ1) is 20.4. The molecule has 0 saturated heterocycles. The number of ether oxygens (including phenoxy) is 2. The number of allylic oxidation sites excluding steroid dienone is 2. The molecule has 0 aliphatic rings. The predicted molar refractivity (Wildman–Crippen MR) is 114 cm³/mol. The van der Waals surface area contributed by atoms with Crippen LogP contribution in [0, 0.1) is 0 Å². The number of hydrazone groups is 1. The molecule has 7 nitrogen and oxygen atoms in total. The number of nitrogens with one attached hydrogen (secondary N) is 2. The van der Waals surface area contributed by atoms with Crippen molar-refractivity contribution in [2.24, 2.45) is 15.9 Å². The van der Waals surface area contributed by atoms with Gasteiger partial charge in [0, 0.05) is 23.4 Å². The van der Waals surface area contributed by atoms with Gasteiger partial charge in [0.1, 0.15) is 11.5 Å². The van der Waals surface area contributed by atoms with Gasteiger partial charge in [-0.1, -0.05) is 36.4 Å². The molecule has 144 valence electrons. The molecular formula is C21H24N5O2+. The van der Waals surface area contributed by atoms with Crippen molar-refractivity contribution in [3.05, 3.63) is 71.8 Å². The van der Waals surface area contributed by atoms with Crippen LogP contribution in [0.2, 0.25) is 0 Å². The van der Waals surface area contributed by atoms with E-state index in [1.807, 2.05) is 66.8 Å². The molecule has 0 aliphatic carbocycles. The van der Waals surface area contributed by atoms with Crippen molar-refractivity contribution < 1.29 is 14.6 Å². The van der Waals surface area contributed by atoms with Crippen molar-refractivity contribution >= 4 is 30.5 Å². The van der Waals surface area contributed by atoms with Crippen LogP contribution in [0.5, 0.6) is 11.5 Å². The summed E-state index contributed by atoms with van der Waals surface area (Å²) in [4.78, 5) is 0. The minimum absolute atomic E-state index is 0.129. The van der Waals surface area contributed by atoms with E-state index in [0.29, 0.717) is 0 Å². The first-order chi connectivity index (χ1) is 13.7. The van der Waals surface area contributed by atoms with Gasteiger partial charge in [0.15, 0.2) is 6.21 Å². The van der Waals surface area contributed by atoms with Gasteiger partial charge >= 0.3 is 0 Å². The van der Waals surface area contributed by atoms with Crippen LogP contribution < -0.4 is 25.7 Å². The zero-order valence-electron chi connectivity index (χ0n) is 15.9. The number of hydrogen-bond donors (Lipinski definition) is 3. The lowest BCUT2D eigenvalue weighted by atomic mass is 10.2. The third kappa shape index (κ3) is 6.80. The van der Waals surface area contributed by atoms with Crippen LogP contribution in [0.1, 0.15) is 11.1 Å². The van der Waals surface area contributed by atoms with Crippen molar-refractivity contribution in [1.82, 2.24) is 5.43 Å². The van der Waals surface area contributed by atoms with Gasteiger partial charge in [-0.05, 0) is 30.4 Å². The maximum absolute atomic E-state index is 5.71. The molecule has 0 spiro atoms. The second kappa shape index (κ2) is 11.7. The van der Waals surface area contributed by atoms with Crippen molar-refractivity contribution in [3.8, 4) is 11.5 Å². The molecule has 0 heterocycles. The third-order valence-electron chi connectivity index (χ3n) is 3.53. The highest BCUT2D eigenvalue weighted by Crippen LogP contribution is 2.18. The summed E-state index contributed by atoms with van der Waals surface area (Å²) < 4.78 is 10.5. The maximum atomic E-state index is 5.71. The summed E-state index contributed by atoms with van der Waals surface area (Å²) in [5.74, 6) is 1.72. The fourth-order valence-electron chi connectivity index (χ4n) is 2.23. The van der Waals surface area contributed by atoms with E-state index in [0.717, 1.165) is 22.6 Å². The molecule has 0 fully saturated rings. The van der Waals surface area contributed by atoms with Crippen LogP contribution in [-0.2, 0) is 0 Å². The Kier molecular flexibility index (Phi) is 8.53. The second-order valence-electron chi connectivity index (χ2n) is 5.39. The van der Waals surface area contributed by atoms with Gasteiger partial charge in [-0.3, -0.25) is 0 Å². The highest BCUT2D eigenvalue weighted by molar-refractivity contribution is 5.81. The van der Waals surface area contributed by atoms with Gasteiger partial charge < -0.3 is 15.2 Å². The van der Waals surface area contributed by atoms with Gasteiger partial charge in [-0.15, -0.1) is 15.6 Å². The Balaban J connectivity index is 1.82. The van der Waals surface area contributed by atoms with E-state index in [-0.39, 0.29) is 5.96 Å². The smallest absolute Gasteiger partial charge is 0.269 e. The number of nitrogens with zero attached hydrogens (tertiary/aromatic N) is 2. The summed E-state index contributed by atoms with van der Waals surface area (Å²) in [6.45, 7) is 0. The summed E-state index contributed by atoms with van der Waals surface area (Å²) in [7, 11) is 3.27. The first-order valence-corrected chi connectivity index (χ1v) is 8.55. The molecule has 0 saturated carbocycles. The monoisotopic (exact) mass is 378 g/mol. The Hall–Kier alpha value is -3.87. The highest BCUT2D eigenvalue weighted by atomic mass is 16.5. The van der Waals surface area contributed by atoms with Gasteiger partial charge in [0.2, 0.25) is 0 Å². The van der Waals surface area contributed by atoms with Crippen molar-refractivity contribution in [1.29, 1.82) is 0 Å². The summed E-state index contributed by atoms with van der Waals surface area (Å²) in [6.07, 6.45) is 10.6. The SMILES string of the molecule is COc1ccccc1/C=C/C=N/N=C(\N)N/[NH+]=C/C=C/c1ccccc1OC. The molecule has 2 rings (SSSR count). The molecular weight excluding hydrogens is 354 g/mol. The average molecular weight is 378 g/mol. The minimum Gasteiger partial charge on any atom is -0.496 e. The standard InChI is InChI=1S/C21H23N5O2/c1-27-19-13-5-3-9-17(19)11-7-15-23-25-21(22)26-24-16-8-12-18-10-4-6-14-20(18)28-2/h3-16H,1-2H3,(H3,22,25,26)/p+1/b11-7+,12-8+,23-15+,24-16+. The molecule has 0 aromatic heterocycles. The molecule has 2 aromatic carbocycles. The molecule has 0 aliphatic heterocycles. The number of methoxy groups -OCH3 is 2. The second-order valence-corrected chi connectivity index (χ2v) is 5.39. The zero-order chi connectivity index (χ0) is 20.0. The summed E-state index contributed by atoms with van der Waals surface area (Å²) >= 11 is 0. The molecule has 0 amide bonds. The van der Waals surface area contributed by atoms with E-state index in [2.05, 4.69) is 20.7 Å². The van der Waals surface area contributed by atoms with Crippen molar-refractivity contribution in [2.45, 2.75) is 0 Å². The Morgan fingerprint density at radius 1 is 0.929 bits per heavy atom. The van der Waals surface area contributed by atoms with Crippen LogP contribution in [0.4, 0.5) is 0 Å². The largest absolute Gasteiger partial charge is 0.496 e. The van der Waals surface area contributed by atoms with Crippen LogP contribution >= 0.6 is 0 Å². The lowest BCUT2D eigenvalue weighted by Gasteiger charge is -2.02. The summed E-state index contributed by atoms with van der Waals surface area (Å²) in [6, 6.07) is 15.4. The van der Waals surface area contributed by atoms with Crippen LogP contribution in [0.25, 0.3) is 12.2 Å². The van der Waals surface area contributed by atoms with E-state index < -0.39 is 0 Å². The zero-order valence-corrected chi connectivity index (χ0v) is 15.9. The van der Waals surface area contributed by atoms with Gasteiger partial charge in [0.25, 0.3) is 5.96 Å². The molecule has 2 aromatic rings. The molecule has 7 heteroatoms. The fourth-order valence-corrected chi connectivity index (χ4v) is 2.23. The Bertz CT molecular complexity index is 901. The van der Waals surface area contributed by atoms with Gasteiger partial charge in [0.05, 0.1) is 14.2 Å². The summed E-state index contributed by atoms with van der Waals surface area (Å²) in [5, 5.41) is 10.5. The molecule has 0 unspecified atom stereocenters. The summed E-state index contributed by atoms with van der Waals surface area (Å²) in [5.41, 5.74) is 10.3. The Morgan fingerprint density at radius 3 is 2.11 bits per heavy atom. The molecule has 0 bridgehead atoms. The number of hydrogen-bond acceptors (Lipinski definition) is 4. The van der Waals surface area contributed by atoms with E-state index >= 15 is 0 Å². The first-order valence-electron chi connectivity index (χ1n) is 8.55. The van der Waals surface area contributed by atoms with Crippen molar-refractivity contribution in [2.75, 3.05) is 14.2 Å². The maximum Gasteiger partial charge on any atom is 0.269 e. The number of benzene rings is 2. The highest BCUT2D eigenvalue weighted by Gasteiger charge is 1.96. The number of hydrazine groups is 1. The predicted octanol–water partition coefficient (Wildman–Crippen LogP) is 1.39. The number of para-hydroxylation sites is 2. The van der Waals surface area contributed by atoms with Crippen molar-refractivity contribution in [3.63, 3.8) is 0 Å². The average Bonchev–Trinajstić information content (AvgIpc) is 2.73. The minimum atomic E-state index is 0.129. The third-order valence-corrected chi connectivity index (χ3v) is 3.53. The molecule has 28 heavy (non-hydrogen) atoms.